The molecule has 0 saturated carbocycles. The Kier molecular flexibility index (Phi) is 7.21. The van der Waals surface area contributed by atoms with E-state index in [0.29, 0.717) is 5.75 Å². The van der Waals surface area contributed by atoms with Crippen LogP contribution in [0.4, 0.5) is 4.79 Å². The summed E-state index contributed by atoms with van der Waals surface area (Å²) in [5.41, 5.74) is 0.758. The van der Waals surface area contributed by atoms with Crippen LogP contribution < -0.4 is 4.74 Å². The number of Topliss-reactive ketones (excluding diaryl/α,β-unsaturated/α-hetero) is 1. The van der Waals surface area contributed by atoms with Crippen LogP contribution in [-0.4, -0.2) is 30.0 Å². The summed E-state index contributed by atoms with van der Waals surface area (Å²) in [7, 11) is -3.87. The fraction of sp³-hybridized carbons (Fsp3) is 0.273. The molecule has 7 nitrogen and oxygen atoms in total. The van der Waals surface area contributed by atoms with Gasteiger partial charge < -0.3 is 13.8 Å². The van der Waals surface area contributed by atoms with Crippen LogP contribution in [-0.2, 0) is 18.4 Å². The number of hydrogen-bond acceptors (Lipinski definition) is 6. The molecule has 2 aromatic rings. The van der Waals surface area contributed by atoms with Crippen molar-refractivity contribution in [2.45, 2.75) is 26.3 Å². The summed E-state index contributed by atoms with van der Waals surface area (Å²) in [5.74, 6) is -0.0307. The second-order valence-electron chi connectivity index (χ2n) is 6.49. The van der Waals surface area contributed by atoms with Gasteiger partial charge in [0.2, 0.25) is 0 Å². The van der Waals surface area contributed by atoms with Gasteiger partial charge >= 0.3 is 13.7 Å². The van der Waals surface area contributed by atoms with Gasteiger partial charge in [0.1, 0.15) is 11.1 Å². The maximum Gasteiger partial charge on any atom is 0.419 e. The largest absolute Gasteiger partial charge is 0.419 e. The SMILES string of the molecule is CCOP(=O)(OCC)C1=CN(C(=O)Oc2ccccc2)C(c2ccccc2)CC1=O. The Balaban J connectivity index is 2.02. The third-order valence-corrected chi connectivity index (χ3v) is 6.65. The van der Waals surface area contributed by atoms with Crippen molar-refractivity contribution in [2.75, 3.05) is 13.2 Å². The second kappa shape index (κ2) is 9.85. The van der Waals surface area contributed by atoms with Crippen LogP contribution in [0.25, 0.3) is 0 Å². The molecular weight excluding hydrogens is 405 g/mol. The maximum atomic E-state index is 13.2. The van der Waals surface area contributed by atoms with E-state index in [1.165, 1.54) is 11.1 Å². The fourth-order valence-corrected chi connectivity index (χ4v) is 4.88. The lowest BCUT2D eigenvalue weighted by Crippen LogP contribution is -2.38. The normalized spacial score (nSPS) is 16.9. The number of carbonyl (C=O) groups is 2. The molecule has 0 aromatic heterocycles. The standard InChI is InChI=1S/C22H24NO6P/c1-3-27-30(26,28-4-2)21-16-23(22(25)29-18-13-9-6-10-14-18)19(15-20(21)24)17-11-7-5-8-12-17/h5-14,16,19H,3-4,15H2,1-2H3. The molecule has 1 amide bonds. The van der Waals surface area contributed by atoms with E-state index < -0.39 is 25.5 Å². The topological polar surface area (TPSA) is 82.1 Å². The zero-order valence-electron chi connectivity index (χ0n) is 16.9. The number of ether oxygens (including phenoxy) is 1. The Morgan fingerprint density at radius 3 is 2.13 bits per heavy atom. The predicted molar refractivity (Wildman–Crippen MR) is 112 cm³/mol. The molecule has 2 aromatic carbocycles. The summed E-state index contributed by atoms with van der Waals surface area (Å²) >= 11 is 0. The van der Waals surface area contributed by atoms with Gasteiger partial charge in [-0.1, -0.05) is 48.5 Å². The van der Waals surface area contributed by atoms with Gasteiger partial charge in [-0.3, -0.25) is 14.3 Å². The fourth-order valence-electron chi connectivity index (χ4n) is 3.19. The maximum absolute atomic E-state index is 13.2. The van der Waals surface area contributed by atoms with Crippen molar-refractivity contribution < 1.29 is 27.9 Å². The van der Waals surface area contributed by atoms with Gasteiger partial charge in [-0.2, -0.15) is 0 Å². The number of rotatable bonds is 7. The lowest BCUT2D eigenvalue weighted by Gasteiger charge is -2.33. The van der Waals surface area contributed by atoms with Crippen LogP contribution in [0.1, 0.15) is 31.9 Å². The minimum absolute atomic E-state index is 0.0656. The Labute approximate surface area is 175 Å². The van der Waals surface area contributed by atoms with E-state index in [9.17, 15) is 14.2 Å². The smallest absolute Gasteiger partial charge is 0.410 e. The average molecular weight is 429 g/mol. The molecule has 0 N–H and O–H groups in total. The molecule has 0 radical (unpaired) electrons. The summed E-state index contributed by atoms with van der Waals surface area (Å²) in [6, 6.07) is 17.1. The molecule has 0 fully saturated rings. The monoisotopic (exact) mass is 429 g/mol. The third-order valence-electron chi connectivity index (χ3n) is 4.50. The van der Waals surface area contributed by atoms with Gasteiger partial charge in [0.25, 0.3) is 0 Å². The first-order valence-electron chi connectivity index (χ1n) is 9.73. The number of benzene rings is 2. The highest BCUT2D eigenvalue weighted by Gasteiger charge is 2.42. The minimum atomic E-state index is -3.87. The first-order valence-corrected chi connectivity index (χ1v) is 11.3. The summed E-state index contributed by atoms with van der Waals surface area (Å²) in [4.78, 5) is 27.2. The Morgan fingerprint density at radius 1 is 1.00 bits per heavy atom. The van der Waals surface area contributed by atoms with Crippen molar-refractivity contribution in [3.05, 3.63) is 77.7 Å². The van der Waals surface area contributed by atoms with Crippen LogP contribution >= 0.6 is 7.60 Å². The van der Waals surface area contributed by atoms with Gasteiger partial charge in [0, 0.05) is 12.6 Å². The van der Waals surface area contributed by atoms with E-state index in [-0.39, 0.29) is 24.9 Å². The van der Waals surface area contributed by atoms with Crippen molar-refractivity contribution in [1.82, 2.24) is 4.90 Å². The molecular formula is C22H24NO6P. The Morgan fingerprint density at radius 2 is 1.57 bits per heavy atom. The summed E-state index contributed by atoms with van der Waals surface area (Å²) in [6.07, 6.45) is 0.490. The lowest BCUT2D eigenvalue weighted by molar-refractivity contribution is -0.116. The van der Waals surface area contributed by atoms with Crippen LogP contribution in [0.2, 0.25) is 0 Å². The van der Waals surface area contributed by atoms with Crippen molar-refractivity contribution in [3.8, 4) is 5.75 Å². The molecule has 1 aliphatic rings. The molecule has 30 heavy (non-hydrogen) atoms. The van der Waals surface area contributed by atoms with E-state index in [1.54, 1.807) is 38.1 Å². The number of para-hydroxylation sites is 1. The van der Waals surface area contributed by atoms with E-state index in [2.05, 4.69) is 0 Å². The van der Waals surface area contributed by atoms with E-state index >= 15 is 0 Å². The number of hydrogen-bond donors (Lipinski definition) is 0. The number of carbonyl (C=O) groups excluding carboxylic acids is 2. The average Bonchev–Trinajstić information content (AvgIpc) is 2.75. The number of allylic oxidation sites excluding steroid dienone is 1. The second-order valence-corrected chi connectivity index (χ2v) is 8.48. The lowest BCUT2D eigenvalue weighted by atomic mass is 9.97. The summed E-state index contributed by atoms with van der Waals surface area (Å²) in [6.45, 7) is 3.51. The number of ketones is 1. The van der Waals surface area contributed by atoms with Crippen LogP contribution in [0.5, 0.6) is 5.75 Å². The molecule has 1 aliphatic heterocycles. The van der Waals surface area contributed by atoms with Gasteiger partial charge in [0.15, 0.2) is 5.78 Å². The first-order chi connectivity index (χ1) is 14.5. The van der Waals surface area contributed by atoms with Crippen molar-refractivity contribution >= 4 is 19.5 Å². The molecule has 1 heterocycles. The zero-order valence-corrected chi connectivity index (χ0v) is 17.8. The van der Waals surface area contributed by atoms with Gasteiger partial charge in [-0.25, -0.2) is 4.79 Å². The molecule has 1 unspecified atom stereocenters. The molecule has 0 aliphatic carbocycles. The Hall–Kier alpha value is -2.73. The highest BCUT2D eigenvalue weighted by atomic mass is 31.2. The molecule has 1 atom stereocenters. The predicted octanol–water partition coefficient (Wildman–Crippen LogP) is 5.31. The van der Waals surface area contributed by atoms with E-state index in [4.69, 9.17) is 13.8 Å². The number of amides is 1. The molecule has 158 valence electrons. The highest BCUT2D eigenvalue weighted by Crippen LogP contribution is 2.58. The molecule has 0 saturated heterocycles. The van der Waals surface area contributed by atoms with Crippen LogP contribution in [0.15, 0.2) is 72.2 Å². The highest BCUT2D eigenvalue weighted by molar-refractivity contribution is 7.60. The molecule has 8 heteroatoms. The van der Waals surface area contributed by atoms with Gasteiger partial charge in [-0.05, 0) is 31.5 Å². The zero-order chi connectivity index (χ0) is 21.6. The van der Waals surface area contributed by atoms with Crippen molar-refractivity contribution in [2.24, 2.45) is 0 Å². The van der Waals surface area contributed by atoms with Gasteiger partial charge in [-0.15, -0.1) is 0 Å². The number of nitrogens with zero attached hydrogens (tertiary/aromatic N) is 1. The summed E-state index contributed by atoms with van der Waals surface area (Å²) < 4.78 is 29.4. The summed E-state index contributed by atoms with van der Waals surface area (Å²) in [5, 5.41) is -0.150. The van der Waals surface area contributed by atoms with E-state index in [1.807, 2.05) is 36.4 Å². The minimum Gasteiger partial charge on any atom is -0.410 e. The molecule has 3 rings (SSSR count). The van der Waals surface area contributed by atoms with Gasteiger partial charge in [0.05, 0.1) is 19.3 Å². The first kappa shape index (κ1) is 22.0. The molecule has 0 spiro atoms. The van der Waals surface area contributed by atoms with Crippen LogP contribution in [0, 0.1) is 0 Å². The molecule has 0 bridgehead atoms. The Bertz CT molecular complexity index is 950. The van der Waals surface area contributed by atoms with E-state index in [0.717, 1.165) is 5.56 Å². The quantitative estimate of drug-likeness (QED) is 0.555. The van der Waals surface area contributed by atoms with Crippen molar-refractivity contribution in [3.63, 3.8) is 0 Å². The van der Waals surface area contributed by atoms with Crippen LogP contribution in [0.3, 0.4) is 0 Å². The third kappa shape index (κ3) is 4.87. The van der Waals surface area contributed by atoms with Crippen molar-refractivity contribution in [1.29, 1.82) is 0 Å².